The first kappa shape index (κ1) is 9.84. The molecule has 1 heterocycles. The number of hydrogen-bond acceptors (Lipinski definition) is 2. The molecule has 0 unspecified atom stereocenters. The van der Waals surface area contributed by atoms with Crippen molar-refractivity contribution < 1.29 is 0 Å². The highest BCUT2D eigenvalue weighted by Crippen LogP contribution is 2.15. The van der Waals surface area contributed by atoms with E-state index in [4.69, 9.17) is 0 Å². The van der Waals surface area contributed by atoms with Gasteiger partial charge in [-0.05, 0) is 18.9 Å². The van der Waals surface area contributed by atoms with Crippen molar-refractivity contribution in [3.05, 3.63) is 47.8 Å². The van der Waals surface area contributed by atoms with Gasteiger partial charge < -0.3 is 0 Å². The number of aromatic nitrogens is 2. The molecule has 1 aromatic carbocycles. The lowest BCUT2D eigenvalue weighted by molar-refractivity contribution is 1.00. The van der Waals surface area contributed by atoms with Crippen molar-refractivity contribution in [1.29, 1.82) is 0 Å². The van der Waals surface area contributed by atoms with Gasteiger partial charge in [0, 0.05) is 17.5 Å². The molecule has 0 bridgehead atoms. The molecule has 2 heteroatoms. The van der Waals surface area contributed by atoms with Gasteiger partial charge in [0.15, 0.2) is 5.82 Å². The predicted octanol–water partition coefficient (Wildman–Crippen LogP) is 3.01. The molecule has 0 saturated carbocycles. The summed E-state index contributed by atoms with van der Waals surface area (Å²) >= 11 is 0. The summed E-state index contributed by atoms with van der Waals surface area (Å²) < 4.78 is 0. The quantitative estimate of drug-likeness (QED) is 0.741. The van der Waals surface area contributed by atoms with Gasteiger partial charge in [-0.1, -0.05) is 37.3 Å². The summed E-state index contributed by atoms with van der Waals surface area (Å²) in [6.45, 7) is 4.15. The van der Waals surface area contributed by atoms with Crippen LogP contribution in [0.1, 0.15) is 18.2 Å². The van der Waals surface area contributed by atoms with Crippen LogP contribution in [0.2, 0.25) is 0 Å². The van der Waals surface area contributed by atoms with Crippen molar-refractivity contribution in [3.63, 3.8) is 0 Å². The highest BCUT2D eigenvalue weighted by molar-refractivity contribution is 5.54. The standard InChI is InChI=1S/C13H14N2/c1-3-11-9-14-13(15-10(11)2)12-7-5-4-6-8-12/h4-9H,3H2,1-2H3. The van der Waals surface area contributed by atoms with Crippen LogP contribution in [0.3, 0.4) is 0 Å². The smallest absolute Gasteiger partial charge is 0.159 e. The van der Waals surface area contributed by atoms with E-state index >= 15 is 0 Å². The van der Waals surface area contributed by atoms with Gasteiger partial charge in [-0.2, -0.15) is 0 Å². The van der Waals surface area contributed by atoms with Crippen molar-refractivity contribution in [2.24, 2.45) is 0 Å². The van der Waals surface area contributed by atoms with Gasteiger partial charge >= 0.3 is 0 Å². The molecule has 0 radical (unpaired) electrons. The van der Waals surface area contributed by atoms with Crippen LogP contribution >= 0.6 is 0 Å². The van der Waals surface area contributed by atoms with Crippen LogP contribution < -0.4 is 0 Å². The Morgan fingerprint density at radius 2 is 1.87 bits per heavy atom. The van der Waals surface area contributed by atoms with Crippen molar-refractivity contribution >= 4 is 0 Å². The number of benzene rings is 1. The molecular formula is C13H14N2. The minimum absolute atomic E-state index is 0.810. The molecule has 2 aromatic rings. The molecule has 0 saturated heterocycles. The Hall–Kier alpha value is -1.70. The third-order valence-corrected chi connectivity index (χ3v) is 2.49. The molecule has 2 rings (SSSR count). The molecule has 0 fully saturated rings. The van der Waals surface area contributed by atoms with Gasteiger partial charge in [0.25, 0.3) is 0 Å². The second-order valence-corrected chi connectivity index (χ2v) is 3.52. The molecule has 0 aliphatic rings. The first-order chi connectivity index (χ1) is 7.31. The second-order valence-electron chi connectivity index (χ2n) is 3.52. The number of rotatable bonds is 2. The van der Waals surface area contributed by atoms with Gasteiger partial charge in [0.05, 0.1) is 0 Å². The van der Waals surface area contributed by atoms with Gasteiger partial charge in [-0.25, -0.2) is 9.97 Å². The van der Waals surface area contributed by atoms with E-state index in [0.717, 1.165) is 23.5 Å². The van der Waals surface area contributed by atoms with E-state index in [2.05, 4.69) is 16.9 Å². The fourth-order valence-corrected chi connectivity index (χ4v) is 1.57. The Morgan fingerprint density at radius 3 is 2.47 bits per heavy atom. The van der Waals surface area contributed by atoms with Crippen LogP contribution in [0.4, 0.5) is 0 Å². The molecule has 15 heavy (non-hydrogen) atoms. The summed E-state index contributed by atoms with van der Waals surface area (Å²) in [5.41, 5.74) is 3.37. The third kappa shape index (κ3) is 2.04. The summed E-state index contributed by atoms with van der Waals surface area (Å²) in [5.74, 6) is 0.810. The zero-order valence-corrected chi connectivity index (χ0v) is 9.07. The molecule has 0 aliphatic carbocycles. The SMILES string of the molecule is CCc1cnc(-c2ccccc2)nc1C. The van der Waals surface area contributed by atoms with Crippen LogP contribution in [0.5, 0.6) is 0 Å². The normalized spacial score (nSPS) is 10.3. The lowest BCUT2D eigenvalue weighted by Crippen LogP contribution is -1.96. The van der Waals surface area contributed by atoms with E-state index < -0.39 is 0 Å². The fourth-order valence-electron chi connectivity index (χ4n) is 1.57. The summed E-state index contributed by atoms with van der Waals surface area (Å²) in [7, 11) is 0. The molecular weight excluding hydrogens is 184 g/mol. The molecule has 2 nitrogen and oxygen atoms in total. The largest absolute Gasteiger partial charge is 0.236 e. The Bertz CT molecular complexity index is 449. The van der Waals surface area contributed by atoms with Crippen molar-refractivity contribution in [3.8, 4) is 11.4 Å². The monoisotopic (exact) mass is 198 g/mol. The number of nitrogens with zero attached hydrogens (tertiary/aromatic N) is 2. The Balaban J connectivity index is 2.43. The Morgan fingerprint density at radius 1 is 1.13 bits per heavy atom. The average molecular weight is 198 g/mol. The van der Waals surface area contributed by atoms with Crippen molar-refractivity contribution in [2.45, 2.75) is 20.3 Å². The summed E-state index contributed by atoms with van der Waals surface area (Å²) in [6, 6.07) is 10.1. The molecule has 0 atom stereocenters. The Labute approximate surface area is 90.0 Å². The van der Waals surface area contributed by atoms with E-state index in [9.17, 15) is 0 Å². The predicted molar refractivity (Wildman–Crippen MR) is 61.6 cm³/mol. The minimum atomic E-state index is 0.810. The number of aryl methyl sites for hydroxylation is 2. The first-order valence-electron chi connectivity index (χ1n) is 5.19. The highest BCUT2D eigenvalue weighted by Gasteiger charge is 2.03. The lowest BCUT2D eigenvalue weighted by Gasteiger charge is -2.04. The maximum atomic E-state index is 4.50. The van der Waals surface area contributed by atoms with Crippen LogP contribution in [0.25, 0.3) is 11.4 Å². The van der Waals surface area contributed by atoms with Crippen LogP contribution in [-0.2, 0) is 6.42 Å². The van der Waals surface area contributed by atoms with Gasteiger partial charge in [0.2, 0.25) is 0 Å². The highest BCUT2D eigenvalue weighted by atomic mass is 14.9. The molecule has 0 spiro atoms. The molecule has 76 valence electrons. The maximum absolute atomic E-state index is 4.50. The molecule has 0 N–H and O–H groups in total. The zero-order chi connectivity index (χ0) is 10.7. The minimum Gasteiger partial charge on any atom is -0.236 e. The molecule has 1 aromatic heterocycles. The number of hydrogen-bond donors (Lipinski definition) is 0. The second kappa shape index (κ2) is 4.22. The summed E-state index contributed by atoms with van der Waals surface area (Å²) in [4.78, 5) is 8.87. The lowest BCUT2D eigenvalue weighted by atomic mass is 10.1. The first-order valence-corrected chi connectivity index (χ1v) is 5.19. The van der Waals surface area contributed by atoms with E-state index in [1.165, 1.54) is 5.56 Å². The van der Waals surface area contributed by atoms with Gasteiger partial charge in [-0.15, -0.1) is 0 Å². The third-order valence-electron chi connectivity index (χ3n) is 2.49. The van der Waals surface area contributed by atoms with Crippen molar-refractivity contribution in [2.75, 3.05) is 0 Å². The van der Waals surface area contributed by atoms with Gasteiger partial charge in [0.1, 0.15) is 0 Å². The van der Waals surface area contributed by atoms with E-state index in [1.807, 2.05) is 43.5 Å². The van der Waals surface area contributed by atoms with Crippen LogP contribution in [0.15, 0.2) is 36.5 Å². The van der Waals surface area contributed by atoms with E-state index in [0.29, 0.717) is 0 Å². The van der Waals surface area contributed by atoms with E-state index in [1.54, 1.807) is 0 Å². The van der Waals surface area contributed by atoms with Crippen LogP contribution in [0, 0.1) is 6.92 Å². The summed E-state index contributed by atoms with van der Waals surface area (Å²) in [5, 5.41) is 0. The zero-order valence-electron chi connectivity index (χ0n) is 9.07. The fraction of sp³-hybridized carbons (Fsp3) is 0.231. The molecule has 0 amide bonds. The van der Waals surface area contributed by atoms with Crippen molar-refractivity contribution in [1.82, 2.24) is 9.97 Å². The summed E-state index contributed by atoms with van der Waals surface area (Å²) in [6.07, 6.45) is 2.91. The maximum Gasteiger partial charge on any atom is 0.159 e. The molecule has 0 aliphatic heterocycles. The topological polar surface area (TPSA) is 25.8 Å². The van der Waals surface area contributed by atoms with E-state index in [-0.39, 0.29) is 0 Å². The van der Waals surface area contributed by atoms with Crippen LogP contribution in [-0.4, -0.2) is 9.97 Å². The van der Waals surface area contributed by atoms with Gasteiger partial charge in [-0.3, -0.25) is 0 Å². The average Bonchev–Trinajstić information content (AvgIpc) is 2.30. The Kier molecular flexibility index (Phi) is 2.77.